The van der Waals surface area contributed by atoms with E-state index in [-0.39, 0.29) is 17.6 Å². The van der Waals surface area contributed by atoms with Crippen LogP contribution in [-0.2, 0) is 0 Å². The number of hydrogen-bond donors (Lipinski definition) is 2. The highest BCUT2D eigenvalue weighted by molar-refractivity contribution is 5.34. The lowest BCUT2D eigenvalue weighted by Crippen LogP contribution is -2.28. The summed E-state index contributed by atoms with van der Waals surface area (Å²) in [6.45, 7) is 3.05. The second kappa shape index (κ2) is 5.12. The molecule has 1 atom stereocenters. The molecule has 2 fully saturated rings. The molecule has 1 aromatic rings. The van der Waals surface area contributed by atoms with Gasteiger partial charge in [-0.3, -0.25) is 0 Å². The van der Waals surface area contributed by atoms with Crippen molar-refractivity contribution >= 4 is 0 Å². The summed E-state index contributed by atoms with van der Waals surface area (Å²) in [6, 6.07) is 4.34. The summed E-state index contributed by atoms with van der Waals surface area (Å²) >= 11 is 0. The third-order valence-electron chi connectivity index (χ3n) is 4.57. The van der Waals surface area contributed by atoms with Gasteiger partial charge in [-0.1, -0.05) is 6.07 Å². The molecule has 2 aliphatic carbocycles. The number of benzene rings is 1. The number of halogens is 1. The Bertz CT molecular complexity index is 442. The Labute approximate surface area is 114 Å². The molecule has 0 heterocycles. The zero-order chi connectivity index (χ0) is 13.4. The highest BCUT2D eigenvalue weighted by Crippen LogP contribution is 2.49. The molecule has 1 aromatic carbocycles. The third-order valence-corrected chi connectivity index (χ3v) is 4.57. The van der Waals surface area contributed by atoms with Crippen molar-refractivity contribution < 1.29 is 9.50 Å². The monoisotopic (exact) mass is 263 g/mol. The molecule has 0 spiro atoms. The van der Waals surface area contributed by atoms with Crippen LogP contribution in [0.4, 0.5) is 4.39 Å². The van der Waals surface area contributed by atoms with Crippen molar-refractivity contribution in [3.05, 3.63) is 29.6 Å². The summed E-state index contributed by atoms with van der Waals surface area (Å²) in [7, 11) is 0. The Hall–Kier alpha value is -1.09. The molecule has 2 aliphatic rings. The fourth-order valence-corrected chi connectivity index (χ4v) is 3.07. The summed E-state index contributed by atoms with van der Waals surface area (Å²) in [4.78, 5) is 0. The fourth-order valence-electron chi connectivity index (χ4n) is 3.07. The first-order valence-electron chi connectivity index (χ1n) is 7.37. The lowest BCUT2D eigenvalue weighted by Gasteiger charge is -2.21. The zero-order valence-corrected chi connectivity index (χ0v) is 11.4. The van der Waals surface area contributed by atoms with Gasteiger partial charge in [0.2, 0.25) is 0 Å². The molecule has 0 amide bonds. The maximum absolute atomic E-state index is 13.0. The SMILES string of the molecule is CC(NCC(C1CC1)C1CC1)c1ccc(F)cc1O. The standard InChI is InChI=1S/C16H22FNO/c1-10(14-7-6-13(17)8-16(14)19)18-9-15(11-2-3-11)12-4-5-12/h6-8,10-12,15,18-19H,2-5,9H2,1H3. The van der Waals surface area contributed by atoms with Crippen LogP contribution in [0.3, 0.4) is 0 Å². The van der Waals surface area contributed by atoms with E-state index in [1.165, 1.54) is 37.8 Å². The van der Waals surface area contributed by atoms with Crippen molar-refractivity contribution in [2.24, 2.45) is 17.8 Å². The second-order valence-corrected chi connectivity index (χ2v) is 6.17. The largest absolute Gasteiger partial charge is 0.508 e. The van der Waals surface area contributed by atoms with Crippen molar-refractivity contribution in [1.82, 2.24) is 5.32 Å². The summed E-state index contributed by atoms with van der Waals surface area (Å²) in [5.41, 5.74) is 0.784. The van der Waals surface area contributed by atoms with Crippen LogP contribution in [0.2, 0.25) is 0 Å². The molecule has 2 saturated carbocycles. The van der Waals surface area contributed by atoms with Gasteiger partial charge in [-0.15, -0.1) is 0 Å². The maximum Gasteiger partial charge on any atom is 0.126 e. The molecule has 104 valence electrons. The summed E-state index contributed by atoms with van der Waals surface area (Å²) in [5.74, 6) is 2.32. The summed E-state index contributed by atoms with van der Waals surface area (Å²) in [5, 5.41) is 13.3. The molecule has 3 heteroatoms. The number of phenolic OH excluding ortho intramolecular Hbond substituents is 1. The minimum absolute atomic E-state index is 0.0504. The van der Waals surface area contributed by atoms with Gasteiger partial charge in [0.25, 0.3) is 0 Å². The van der Waals surface area contributed by atoms with Crippen LogP contribution in [-0.4, -0.2) is 11.7 Å². The molecule has 1 unspecified atom stereocenters. The van der Waals surface area contributed by atoms with E-state index in [0.717, 1.165) is 29.9 Å². The average Bonchev–Trinajstić information content (AvgIpc) is 3.23. The predicted molar refractivity (Wildman–Crippen MR) is 73.4 cm³/mol. The molecule has 2 N–H and O–H groups in total. The van der Waals surface area contributed by atoms with Crippen LogP contribution in [0, 0.1) is 23.6 Å². The van der Waals surface area contributed by atoms with Crippen molar-refractivity contribution in [2.45, 2.75) is 38.6 Å². The van der Waals surface area contributed by atoms with Gasteiger partial charge in [0.1, 0.15) is 11.6 Å². The van der Waals surface area contributed by atoms with Crippen LogP contribution in [0.15, 0.2) is 18.2 Å². The van der Waals surface area contributed by atoms with Crippen LogP contribution in [0.5, 0.6) is 5.75 Å². The molecule has 0 bridgehead atoms. The number of aromatic hydroxyl groups is 1. The molecule has 2 nitrogen and oxygen atoms in total. The second-order valence-electron chi connectivity index (χ2n) is 6.17. The van der Waals surface area contributed by atoms with E-state index in [1.54, 1.807) is 6.07 Å². The van der Waals surface area contributed by atoms with Gasteiger partial charge < -0.3 is 10.4 Å². The minimum atomic E-state index is -0.387. The minimum Gasteiger partial charge on any atom is -0.508 e. The van der Waals surface area contributed by atoms with E-state index in [9.17, 15) is 9.50 Å². The molecule has 0 radical (unpaired) electrons. The van der Waals surface area contributed by atoms with Gasteiger partial charge in [0, 0.05) is 17.7 Å². The Morgan fingerprint density at radius 2 is 1.89 bits per heavy atom. The molecular weight excluding hydrogens is 241 g/mol. The Kier molecular flexibility index (Phi) is 3.48. The normalized spacial score (nSPS) is 20.8. The van der Waals surface area contributed by atoms with E-state index in [0.29, 0.717) is 0 Å². The maximum atomic E-state index is 13.0. The lowest BCUT2D eigenvalue weighted by atomic mass is 9.97. The van der Waals surface area contributed by atoms with E-state index in [2.05, 4.69) is 5.32 Å². The van der Waals surface area contributed by atoms with Gasteiger partial charge in [-0.25, -0.2) is 4.39 Å². The van der Waals surface area contributed by atoms with Gasteiger partial charge in [0.15, 0.2) is 0 Å². The van der Waals surface area contributed by atoms with E-state index in [4.69, 9.17) is 0 Å². The first kappa shape index (κ1) is 12.9. The van der Waals surface area contributed by atoms with Crippen LogP contribution < -0.4 is 5.32 Å². The molecule has 0 aromatic heterocycles. The summed E-state index contributed by atoms with van der Waals surface area (Å²) in [6.07, 6.45) is 5.55. The highest BCUT2D eigenvalue weighted by Gasteiger charge is 2.41. The first-order valence-corrected chi connectivity index (χ1v) is 7.37. The van der Waals surface area contributed by atoms with Gasteiger partial charge >= 0.3 is 0 Å². The van der Waals surface area contributed by atoms with Crippen molar-refractivity contribution in [1.29, 1.82) is 0 Å². The molecule has 19 heavy (non-hydrogen) atoms. The number of phenols is 1. The number of nitrogens with one attached hydrogen (secondary N) is 1. The van der Waals surface area contributed by atoms with Gasteiger partial charge in [-0.2, -0.15) is 0 Å². The molecule has 0 saturated heterocycles. The molecule has 0 aliphatic heterocycles. The topological polar surface area (TPSA) is 32.3 Å². The van der Waals surface area contributed by atoms with Gasteiger partial charge in [0.05, 0.1) is 0 Å². The fraction of sp³-hybridized carbons (Fsp3) is 0.625. The predicted octanol–water partition coefficient (Wildman–Crippen LogP) is 3.62. The van der Waals surface area contributed by atoms with E-state index < -0.39 is 0 Å². The Morgan fingerprint density at radius 1 is 1.26 bits per heavy atom. The molecular formula is C16H22FNO. The summed E-state index contributed by atoms with van der Waals surface area (Å²) < 4.78 is 13.0. The average molecular weight is 263 g/mol. The lowest BCUT2D eigenvalue weighted by molar-refractivity contribution is 0.358. The van der Waals surface area contributed by atoms with Crippen molar-refractivity contribution in [3.63, 3.8) is 0 Å². The van der Waals surface area contributed by atoms with Crippen molar-refractivity contribution in [3.8, 4) is 5.75 Å². The Balaban J connectivity index is 1.59. The number of hydrogen-bond acceptors (Lipinski definition) is 2. The van der Waals surface area contributed by atoms with Gasteiger partial charge in [-0.05, 0) is 63.0 Å². The highest BCUT2D eigenvalue weighted by atomic mass is 19.1. The van der Waals surface area contributed by atoms with Crippen molar-refractivity contribution in [2.75, 3.05) is 6.54 Å². The number of rotatable bonds is 6. The quantitative estimate of drug-likeness (QED) is 0.821. The Morgan fingerprint density at radius 3 is 2.42 bits per heavy atom. The van der Waals surface area contributed by atoms with Crippen LogP contribution >= 0.6 is 0 Å². The first-order chi connectivity index (χ1) is 9.15. The molecule has 3 rings (SSSR count). The third kappa shape index (κ3) is 3.08. The van der Waals surface area contributed by atoms with E-state index >= 15 is 0 Å². The van der Waals surface area contributed by atoms with E-state index in [1.807, 2.05) is 6.92 Å². The smallest absolute Gasteiger partial charge is 0.126 e. The van der Waals surface area contributed by atoms with Crippen LogP contribution in [0.1, 0.15) is 44.2 Å². The van der Waals surface area contributed by atoms with Crippen LogP contribution in [0.25, 0.3) is 0 Å². The zero-order valence-electron chi connectivity index (χ0n) is 11.4.